The first-order chi connectivity index (χ1) is 20.3. The standard InChI is InChI=1S/C26H23N2O.C12H10N.Ir/c1-16-14-28-23(12-18(16)13-26(2,3)4)21-7-5-6-19-20-9-8-17-10-11-27-15-22(17)25(20)29-24(19)21;1-10-7-8-12(13-9-10)11-5-3-2-4-6-11;/h5-6,8-12,14-15H,13H2,1-4H3;2-5,7-9H,1H3;/q2*-1;. The van der Waals surface area contributed by atoms with Crippen molar-refractivity contribution < 1.29 is 24.5 Å². The van der Waals surface area contributed by atoms with E-state index in [-0.39, 0.29) is 25.5 Å². The fourth-order valence-electron chi connectivity index (χ4n) is 5.19. The summed E-state index contributed by atoms with van der Waals surface area (Å²) in [5, 5.41) is 4.33. The Morgan fingerprint density at radius 2 is 1.56 bits per heavy atom. The van der Waals surface area contributed by atoms with Crippen molar-refractivity contribution in [3.05, 3.63) is 126 Å². The predicted octanol–water partition coefficient (Wildman–Crippen LogP) is 9.75. The van der Waals surface area contributed by atoms with E-state index >= 15 is 0 Å². The van der Waals surface area contributed by atoms with Gasteiger partial charge in [-0.15, -0.1) is 54.1 Å². The van der Waals surface area contributed by atoms with Crippen molar-refractivity contribution in [1.29, 1.82) is 0 Å². The summed E-state index contributed by atoms with van der Waals surface area (Å²) < 4.78 is 6.41. The molecule has 43 heavy (non-hydrogen) atoms. The van der Waals surface area contributed by atoms with Gasteiger partial charge in [0.2, 0.25) is 0 Å². The number of aryl methyl sites for hydroxylation is 2. The summed E-state index contributed by atoms with van der Waals surface area (Å²) in [6.45, 7) is 10.9. The Bertz CT molecular complexity index is 2010. The van der Waals surface area contributed by atoms with Crippen molar-refractivity contribution in [1.82, 2.24) is 15.0 Å². The number of fused-ring (bicyclic) bond motifs is 5. The summed E-state index contributed by atoms with van der Waals surface area (Å²) in [5.74, 6) is 0. The molecule has 0 unspecified atom stereocenters. The average Bonchev–Trinajstić information content (AvgIpc) is 3.38. The van der Waals surface area contributed by atoms with Gasteiger partial charge >= 0.3 is 0 Å². The van der Waals surface area contributed by atoms with Crippen LogP contribution < -0.4 is 0 Å². The molecule has 0 saturated heterocycles. The molecule has 0 atom stereocenters. The smallest absolute Gasteiger partial charge is 0.130 e. The fourth-order valence-corrected chi connectivity index (χ4v) is 5.19. The van der Waals surface area contributed by atoms with Crippen LogP contribution in [0.3, 0.4) is 0 Å². The van der Waals surface area contributed by atoms with Crippen molar-refractivity contribution >= 4 is 32.7 Å². The zero-order chi connectivity index (χ0) is 29.3. The van der Waals surface area contributed by atoms with Crippen LogP contribution in [-0.2, 0) is 26.5 Å². The molecule has 1 radical (unpaired) electrons. The molecule has 0 fully saturated rings. The van der Waals surface area contributed by atoms with Gasteiger partial charge in [0.05, 0.1) is 5.58 Å². The first-order valence-electron chi connectivity index (χ1n) is 14.2. The Morgan fingerprint density at radius 1 is 0.744 bits per heavy atom. The zero-order valence-electron chi connectivity index (χ0n) is 25.0. The van der Waals surface area contributed by atoms with Crippen LogP contribution in [0.15, 0.2) is 102 Å². The van der Waals surface area contributed by atoms with Gasteiger partial charge in [0.25, 0.3) is 0 Å². The number of rotatable bonds is 3. The van der Waals surface area contributed by atoms with E-state index in [1.807, 2.05) is 74.2 Å². The summed E-state index contributed by atoms with van der Waals surface area (Å²) >= 11 is 0. The van der Waals surface area contributed by atoms with Crippen LogP contribution >= 0.6 is 0 Å². The minimum absolute atomic E-state index is 0. The van der Waals surface area contributed by atoms with Crippen LogP contribution in [0.5, 0.6) is 0 Å². The molecule has 0 saturated carbocycles. The predicted molar refractivity (Wildman–Crippen MR) is 172 cm³/mol. The minimum atomic E-state index is 0. The summed E-state index contributed by atoms with van der Waals surface area (Å²) in [7, 11) is 0. The van der Waals surface area contributed by atoms with E-state index in [1.54, 1.807) is 0 Å². The van der Waals surface area contributed by atoms with Gasteiger partial charge in [0, 0.05) is 55.7 Å². The number of benzene rings is 3. The number of hydrogen-bond donors (Lipinski definition) is 0. The number of furan rings is 1. The topological polar surface area (TPSA) is 51.8 Å². The van der Waals surface area contributed by atoms with Gasteiger partial charge in [-0.05, 0) is 59.7 Å². The number of pyridine rings is 3. The van der Waals surface area contributed by atoms with Crippen LogP contribution in [-0.4, -0.2) is 15.0 Å². The first-order valence-corrected chi connectivity index (χ1v) is 14.2. The maximum Gasteiger partial charge on any atom is 0.130 e. The Hall–Kier alpha value is -4.18. The van der Waals surface area contributed by atoms with Crippen molar-refractivity contribution in [3.63, 3.8) is 0 Å². The minimum Gasteiger partial charge on any atom is -0.500 e. The number of nitrogens with zero attached hydrogens (tertiary/aromatic N) is 3. The van der Waals surface area contributed by atoms with Gasteiger partial charge < -0.3 is 14.4 Å². The second-order valence-corrected chi connectivity index (χ2v) is 12.0. The molecular formula is C38H33IrN3O-2. The van der Waals surface area contributed by atoms with Crippen LogP contribution in [0.25, 0.3) is 55.2 Å². The Kier molecular flexibility index (Phi) is 8.87. The Labute approximate surface area is 266 Å². The molecule has 0 aliphatic rings. The van der Waals surface area contributed by atoms with Gasteiger partial charge in [0.15, 0.2) is 0 Å². The summed E-state index contributed by atoms with van der Waals surface area (Å²) in [6, 6.07) is 30.9. The molecule has 4 heterocycles. The van der Waals surface area contributed by atoms with E-state index < -0.39 is 0 Å². The average molecular weight is 740 g/mol. The molecule has 0 amide bonds. The van der Waals surface area contributed by atoms with Gasteiger partial charge in [-0.25, -0.2) is 0 Å². The normalized spacial score (nSPS) is 11.3. The van der Waals surface area contributed by atoms with Gasteiger partial charge in [-0.1, -0.05) is 67.6 Å². The first kappa shape index (κ1) is 30.3. The number of hydrogen-bond acceptors (Lipinski definition) is 4. The van der Waals surface area contributed by atoms with E-state index in [4.69, 9.17) is 9.40 Å². The molecule has 0 spiro atoms. The largest absolute Gasteiger partial charge is 0.500 e. The molecular weight excluding hydrogens is 707 g/mol. The molecule has 5 heteroatoms. The second kappa shape index (κ2) is 12.6. The molecule has 7 aromatic rings. The molecule has 4 aromatic heterocycles. The Morgan fingerprint density at radius 3 is 2.30 bits per heavy atom. The monoisotopic (exact) mass is 740 g/mol. The number of aromatic nitrogens is 3. The molecule has 217 valence electrons. The molecule has 0 bridgehead atoms. The second-order valence-electron chi connectivity index (χ2n) is 12.0. The van der Waals surface area contributed by atoms with E-state index in [9.17, 15) is 0 Å². The maximum absolute atomic E-state index is 6.41. The quantitative estimate of drug-likeness (QED) is 0.170. The van der Waals surface area contributed by atoms with E-state index in [1.165, 1.54) is 16.7 Å². The van der Waals surface area contributed by atoms with Gasteiger partial charge in [-0.2, -0.15) is 0 Å². The molecule has 0 aliphatic carbocycles. The third-order valence-corrected chi connectivity index (χ3v) is 7.31. The summed E-state index contributed by atoms with van der Waals surface area (Å²) in [5.41, 5.74) is 9.47. The van der Waals surface area contributed by atoms with Crippen molar-refractivity contribution in [2.24, 2.45) is 5.41 Å². The van der Waals surface area contributed by atoms with Gasteiger partial charge in [-0.3, -0.25) is 4.98 Å². The fraction of sp³-hybridized carbons (Fsp3) is 0.184. The maximum atomic E-state index is 6.41. The van der Waals surface area contributed by atoms with Crippen LogP contribution in [0.2, 0.25) is 0 Å². The Balaban J connectivity index is 0.000000221. The van der Waals surface area contributed by atoms with Crippen molar-refractivity contribution in [2.75, 3.05) is 0 Å². The van der Waals surface area contributed by atoms with Gasteiger partial charge in [0.1, 0.15) is 5.58 Å². The third kappa shape index (κ3) is 6.59. The van der Waals surface area contributed by atoms with Crippen molar-refractivity contribution in [2.45, 2.75) is 41.0 Å². The van der Waals surface area contributed by atoms with E-state index in [0.717, 1.165) is 61.6 Å². The molecule has 4 nitrogen and oxygen atoms in total. The molecule has 0 N–H and O–H groups in total. The molecule has 3 aromatic carbocycles. The molecule has 0 aliphatic heterocycles. The van der Waals surface area contributed by atoms with Crippen LogP contribution in [0.1, 0.15) is 37.5 Å². The summed E-state index contributed by atoms with van der Waals surface area (Å²) in [4.78, 5) is 13.3. The van der Waals surface area contributed by atoms with Crippen LogP contribution in [0, 0.1) is 31.4 Å². The van der Waals surface area contributed by atoms with Crippen LogP contribution in [0.4, 0.5) is 0 Å². The van der Waals surface area contributed by atoms with Crippen molar-refractivity contribution in [3.8, 4) is 22.5 Å². The zero-order valence-corrected chi connectivity index (χ0v) is 27.4. The SMILES string of the molecule is Cc1ccc(-c2[c-]cccc2)nc1.Cc1cnc(-c2[c-]ccc3c2oc2c4cnccc4ccc32)cc1CC(C)(C)C.[Ir]. The van der Waals surface area contributed by atoms with E-state index in [2.05, 4.69) is 80.1 Å². The molecule has 7 rings (SSSR count). The summed E-state index contributed by atoms with van der Waals surface area (Å²) in [6.07, 6.45) is 8.51. The van der Waals surface area contributed by atoms with E-state index in [0.29, 0.717) is 0 Å². The third-order valence-electron chi connectivity index (χ3n) is 7.31.